The van der Waals surface area contributed by atoms with Gasteiger partial charge in [-0.1, -0.05) is 24.3 Å². The van der Waals surface area contributed by atoms with Gasteiger partial charge in [0.25, 0.3) is 0 Å². The smallest absolute Gasteiger partial charge is 0.216 e. The number of nitrogens with one attached hydrogen (secondary N) is 2. The molecule has 26 heavy (non-hydrogen) atoms. The average Bonchev–Trinajstić information content (AvgIpc) is 2.52. The van der Waals surface area contributed by atoms with Crippen LogP contribution < -0.4 is 15.8 Å². The number of sulfonamides is 1. The number of halogens is 1. The standard InChI is InChI=1S/C17H30N4O3S.HI/c1-4-24-11-7-10-19-17(18)20-12-15-8-5-6-9-16(15)13-25(22,23)21-14(2)3;/h5-6,8-9,14,21H,4,7,10-13H2,1-3H3,(H3,18,19,20);1H. The van der Waals surface area contributed by atoms with E-state index < -0.39 is 10.0 Å². The Morgan fingerprint density at radius 2 is 1.92 bits per heavy atom. The van der Waals surface area contributed by atoms with Crippen molar-refractivity contribution in [2.45, 2.75) is 45.5 Å². The monoisotopic (exact) mass is 498 g/mol. The highest BCUT2D eigenvalue weighted by molar-refractivity contribution is 14.0. The van der Waals surface area contributed by atoms with E-state index in [2.05, 4.69) is 15.0 Å². The number of nitrogens with two attached hydrogens (primary N) is 1. The summed E-state index contributed by atoms with van der Waals surface area (Å²) < 4.78 is 32.1. The minimum Gasteiger partial charge on any atom is -0.382 e. The zero-order valence-electron chi connectivity index (χ0n) is 15.7. The van der Waals surface area contributed by atoms with E-state index in [-0.39, 0.29) is 35.8 Å². The fraction of sp³-hybridized carbons (Fsp3) is 0.588. The van der Waals surface area contributed by atoms with Gasteiger partial charge in [0.1, 0.15) is 0 Å². The lowest BCUT2D eigenvalue weighted by molar-refractivity contribution is 0.145. The van der Waals surface area contributed by atoms with Gasteiger partial charge in [-0.2, -0.15) is 0 Å². The molecule has 0 fully saturated rings. The highest BCUT2D eigenvalue weighted by Crippen LogP contribution is 2.13. The average molecular weight is 498 g/mol. The highest BCUT2D eigenvalue weighted by atomic mass is 127. The molecule has 0 heterocycles. The summed E-state index contributed by atoms with van der Waals surface area (Å²) >= 11 is 0. The fourth-order valence-corrected chi connectivity index (χ4v) is 3.71. The Morgan fingerprint density at radius 3 is 2.54 bits per heavy atom. The number of nitrogens with zero attached hydrogens (tertiary/aromatic N) is 1. The van der Waals surface area contributed by atoms with Crippen LogP contribution in [0, 0.1) is 0 Å². The topological polar surface area (TPSA) is 106 Å². The van der Waals surface area contributed by atoms with E-state index in [1.165, 1.54) is 0 Å². The molecule has 0 aliphatic carbocycles. The summed E-state index contributed by atoms with van der Waals surface area (Å²) in [5.74, 6) is 0.271. The Kier molecular flexibility index (Phi) is 12.8. The predicted molar refractivity (Wildman–Crippen MR) is 117 cm³/mol. The lowest BCUT2D eigenvalue weighted by Crippen LogP contribution is -2.33. The normalized spacial score (nSPS) is 12.1. The van der Waals surface area contributed by atoms with Crippen LogP contribution in [0.5, 0.6) is 0 Å². The Hall–Kier alpha value is -0.910. The third-order valence-electron chi connectivity index (χ3n) is 3.27. The number of guanidine groups is 1. The third kappa shape index (κ3) is 10.9. The molecular weight excluding hydrogens is 467 g/mol. The van der Waals surface area contributed by atoms with Crippen LogP contribution in [0.2, 0.25) is 0 Å². The van der Waals surface area contributed by atoms with Crippen LogP contribution in [0.25, 0.3) is 0 Å². The van der Waals surface area contributed by atoms with Crippen LogP contribution in [0.15, 0.2) is 29.3 Å². The van der Waals surface area contributed by atoms with Gasteiger partial charge in [0.05, 0.1) is 12.3 Å². The van der Waals surface area contributed by atoms with Crippen molar-refractivity contribution in [3.8, 4) is 0 Å². The molecule has 0 bridgehead atoms. The van der Waals surface area contributed by atoms with Crippen molar-refractivity contribution < 1.29 is 13.2 Å². The Bertz CT molecular complexity index is 651. The van der Waals surface area contributed by atoms with E-state index in [1.54, 1.807) is 19.9 Å². The summed E-state index contributed by atoms with van der Waals surface area (Å²) in [4.78, 5) is 4.29. The lowest BCUT2D eigenvalue weighted by atomic mass is 10.1. The maximum absolute atomic E-state index is 12.1. The second-order valence-electron chi connectivity index (χ2n) is 5.98. The molecule has 7 nitrogen and oxygen atoms in total. The zero-order chi connectivity index (χ0) is 18.7. The van der Waals surface area contributed by atoms with E-state index in [4.69, 9.17) is 10.5 Å². The number of rotatable bonds is 11. The first-order valence-corrected chi connectivity index (χ1v) is 10.2. The number of hydrogen-bond acceptors (Lipinski definition) is 4. The summed E-state index contributed by atoms with van der Waals surface area (Å²) in [5, 5.41) is 3.02. The van der Waals surface area contributed by atoms with Crippen molar-refractivity contribution >= 4 is 40.0 Å². The highest BCUT2D eigenvalue weighted by Gasteiger charge is 2.15. The van der Waals surface area contributed by atoms with Crippen LogP contribution in [0.1, 0.15) is 38.3 Å². The first-order chi connectivity index (χ1) is 11.8. The van der Waals surface area contributed by atoms with Crippen molar-refractivity contribution in [2.24, 2.45) is 10.7 Å². The largest absolute Gasteiger partial charge is 0.382 e. The van der Waals surface area contributed by atoms with Gasteiger partial charge in [-0.25, -0.2) is 18.1 Å². The van der Waals surface area contributed by atoms with Crippen LogP contribution in [-0.4, -0.2) is 40.2 Å². The Labute approximate surface area is 174 Å². The van der Waals surface area contributed by atoms with E-state index in [0.717, 1.165) is 17.5 Å². The van der Waals surface area contributed by atoms with Gasteiger partial charge in [0.15, 0.2) is 5.96 Å². The molecule has 0 aliphatic rings. The molecule has 150 valence electrons. The van der Waals surface area contributed by atoms with Crippen LogP contribution in [-0.2, 0) is 27.1 Å². The molecule has 0 saturated heterocycles. The van der Waals surface area contributed by atoms with Gasteiger partial charge in [0.2, 0.25) is 10.0 Å². The van der Waals surface area contributed by atoms with Gasteiger partial charge in [-0.05, 0) is 38.3 Å². The number of aliphatic imine (C=N–C) groups is 1. The first kappa shape index (κ1) is 25.1. The first-order valence-electron chi connectivity index (χ1n) is 8.52. The minimum atomic E-state index is -3.38. The molecule has 0 saturated carbocycles. The molecule has 0 spiro atoms. The van der Waals surface area contributed by atoms with Crippen molar-refractivity contribution in [3.63, 3.8) is 0 Å². The summed E-state index contributed by atoms with van der Waals surface area (Å²) in [7, 11) is -3.38. The molecule has 1 aromatic rings. The number of ether oxygens (including phenoxy) is 1. The molecule has 0 atom stereocenters. The van der Waals surface area contributed by atoms with Gasteiger partial charge >= 0.3 is 0 Å². The molecule has 9 heteroatoms. The number of hydrogen-bond donors (Lipinski definition) is 3. The SMILES string of the molecule is CCOCCCNC(N)=NCc1ccccc1CS(=O)(=O)NC(C)C.I. The summed E-state index contributed by atoms with van der Waals surface area (Å²) in [5.41, 5.74) is 7.42. The molecule has 4 N–H and O–H groups in total. The van der Waals surface area contributed by atoms with Crippen LogP contribution in [0.3, 0.4) is 0 Å². The van der Waals surface area contributed by atoms with Gasteiger partial charge in [0, 0.05) is 25.8 Å². The molecular formula is C17H31IN4O3S. The maximum atomic E-state index is 12.1. The maximum Gasteiger partial charge on any atom is 0.216 e. The molecule has 0 aliphatic heterocycles. The van der Waals surface area contributed by atoms with E-state index in [9.17, 15) is 8.42 Å². The Morgan fingerprint density at radius 1 is 1.27 bits per heavy atom. The van der Waals surface area contributed by atoms with E-state index in [1.807, 2.05) is 25.1 Å². The van der Waals surface area contributed by atoms with E-state index in [0.29, 0.717) is 32.3 Å². The van der Waals surface area contributed by atoms with Crippen molar-refractivity contribution in [2.75, 3.05) is 19.8 Å². The van der Waals surface area contributed by atoms with Gasteiger partial charge < -0.3 is 15.8 Å². The van der Waals surface area contributed by atoms with E-state index >= 15 is 0 Å². The van der Waals surface area contributed by atoms with Crippen LogP contribution >= 0.6 is 24.0 Å². The predicted octanol–water partition coefficient (Wildman–Crippen LogP) is 1.96. The second-order valence-corrected chi connectivity index (χ2v) is 7.73. The van der Waals surface area contributed by atoms with Crippen LogP contribution in [0.4, 0.5) is 0 Å². The lowest BCUT2D eigenvalue weighted by Gasteiger charge is -2.12. The molecule has 0 amide bonds. The molecule has 0 unspecified atom stereocenters. The second kappa shape index (κ2) is 13.3. The third-order valence-corrected chi connectivity index (χ3v) is 4.80. The minimum absolute atomic E-state index is 0. The zero-order valence-corrected chi connectivity index (χ0v) is 18.8. The van der Waals surface area contributed by atoms with Crippen molar-refractivity contribution in [1.82, 2.24) is 10.0 Å². The summed E-state index contributed by atoms with van der Waals surface area (Å²) in [6, 6.07) is 7.22. The summed E-state index contributed by atoms with van der Waals surface area (Å²) in [6.07, 6.45) is 0.847. The molecule has 1 aromatic carbocycles. The molecule has 0 aromatic heterocycles. The quantitative estimate of drug-likeness (QED) is 0.187. The van der Waals surface area contributed by atoms with Crippen molar-refractivity contribution in [3.05, 3.63) is 35.4 Å². The van der Waals surface area contributed by atoms with Gasteiger partial charge in [-0.15, -0.1) is 24.0 Å². The molecule has 0 radical (unpaired) electrons. The summed E-state index contributed by atoms with van der Waals surface area (Å²) in [6.45, 7) is 7.95. The number of benzene rings is 1. The van der Waals surface area contributed by atoms with Crippen molar-refractivity contribution in [1.29, 1.82) is 0 Å². The van der Waals surface area contributed by atoms with Gasteiger partial charge in [-0.3, -0.25) is 0 Å². The Balaban J connectivity index is 0.00000625. The molecule has 1 rings (SSSR count). The fourth-order valence-electron chi connectivity index (χ4n) is 2.22.